The molecule has 0 amide bonds. The second kappa shape index (κ2) is 5.73. The van der Waals surface area contributed by atoms with Crippen molar-refractivity contribution in [1.82, 2.24) is 41.2 Å². The van der Waals surface area contributed by atoms with Gasteiger partial charge in [-0.3, -0.25) is 20.6 Å². The first-order valence-electron chi connectivity index (χ1n) is 2.34. The SMILES string of the molecule is [Na+].[Na+].n1n[n-]c(-c2nnn[n-]2)n1. The molecular weight excluding hydrogens is 182 g/mol. The van der Waals surface area contributed by atoms with Crippen molar-refractivity contribution in [3.8, 4) is 11.6 Å². The summed E-state index contributed by atoms with van der Waals surface area (Å²) in [5.74, 6) is 0.481. The molecule has 0 spiro atoms. The normalized spacial score (nSPS) is 8.33. The first-order chi connectivity index (χ1) is 4.97. The number of nitrogens with zero attached hydrogens (tertiary/aromatic N) is 8. The van der Waals surface area contributed by atoms with Crippen LogP contribution in [0, 0.1) is 0 Å². The van der Waals surface area contributed by atoms with Crippen molar-refractivity contribution in [3.63, 3.8) is 0 Å². The largest absolute Gasteiger partial charge is 1.00 e. The molecule has 50 valence electrons. The molecule has 0 aliphatic heterocycles. The third kappa shape index (κ3) is 2.57. The van der Waals surface area contributed by atoms with E-state index in [-0.39, 0.29) is 70.8 Å². The molecule has 10 heteroatoms. The topological polar surface area (TPSA) is 106 Å². The standard InChI is InChI=1S/C2N8.2Na/c3-1(4-8-7-3)2-5-9-10-6-2;;/q-2;2*+1. The Hall–Kier alpha value is 0.140. The van der Waals surface area contributed by atoms with Gasteiger partial charge in [0, 0.05) is 11.6 Å². The number of hydrogen-bond acceptors (Lipinski definition) is 6. The molecule has 2 aromatic rings. The molecule has 2 heterocycles. The van der Waals surface area contributed by atoms with Gasteiger partial charge in [-0.2, -0.15) is 10.4 Å². The van der Waals surface area contributed by atoms with Gasteiger partial charge in [-0.25, -0.2) is 0 Å². The van der Waals surface area contributed by atoms with Crippen LogP contribution in [0.1, 0.15) is 0 Å². The van der Waals surface area contributed by atoms with E-state index in [0.717, 1.165) is 0 Å². The van der Waals surface area contributed by atoms with Crippen LogP contribution in [0.15, 0.2) is 0 Å². The molecule has 0 atom stereocenters. The summed E-state index contributed by atoms with van der Waals surface area (Å²) in [7, 11) is 0. The van der Waals surface area contributed by atoms with E-state index in [1.165, 1.54) is 0 Å². The van der Waals surface area contributed by atoms with Gasteiger partial charge in [0.15, 0.2) is 0 Å². The molecule has 0 fully saturated rings. The molecule has 12 heavy (non-hydrogen) atoms. The maximum Gasteiger partial charge on any atom is 1.00 e. The summed E-state index contributed by atoms with van der Waals surface area (Å²) in [6.07, 6.45) is 0. The van der Waals surface area contributed by atoms with E-state index in [1.54, 1.807) is 0 Å². The molecule has 0 radical (unpaired) electrons. The summed E-state index contributed by atoms with van der Waals surface area (Å²) >= 11 is 0. The van der Waals surface area contributed by atoms with Gasteiger partial charge in [0.1, 0.15) is 0 Å². The molecule has 0 unspecified atom stereocenters. The van der Waals surface area contributed by atoms with E-state index in [2.05, 4.69) is 41.2 Å². The fraction of sp³-hybridized carbons (Fsp3) is 0. The predicted octanol–water partition coefficient (Wildman–Crippen LogP) is -8.35. The molecule has 8 nitrogen and oxygen atoms in total. The Morgan fingerprint density at radius 1 is 0.750 bits per heavy atom. The molecule has 0 saturated heterocycles. The van der Waals surface area contributed by atoms with Crippen molar-refractivity contribution in [2.45, 2.75) is 0 Å². The predicted molar refractivity (Wildman–Crippen MR) is 25.3 cm³/mol. The van der Waals surface area contributed by atoms with Crippen LogP contribution in [0.25, 0.3) is 11.6 Å². The summed E-state index contributed by atoms with van der Waals surface area (Å²) in [6.45, 7) is 0. The fourth-order valence-electron chi connectivity index (χ4n) is 0.468. The Balaban J connectivity index is 0.000000605. The average molecular weight is 182 g/mol. The van der Waals surface area contributed by atoms with Crippen LogP contribution in [0.2, 0.25) is 0 Å². The quantitative estimate of drug-likeness (QED) is 0.400. The first kappa shape index (κ1) is 12.1. The molecule has 0 aromatic carbocycles. The van der Waals surface area contributed by atoms with Crippen molar-refractivity contribution in [3.05, 3.63) is 0 Å². The van der Waals surface area contributed by atoms with Crippen molar-refractivity contribution >= 4 is 0 Å². The zero-order valence-electron chi connectivity index (χ0n) is 6.58. The van der Waals surface area contributed by atoms with E-state index in [9.17, 15) is 0 Å². The summed E-state index contributed by atoms with van der Waals surface area (Å²) < 4.78 is 0. The zero-order valence-corrected chi connectivity index (χ0v) is 10.6. The third-order valence-corrected chi connectivity index (χ3v) is 0.838. The van der Waals surface area contributed by atoms with Crippen molar-refractivity contribution in [1.29, 1.82) is 0 Å². The van der Waals surface area contributed by atoms with Gasteiger partial charge < -0.3 is 10.2 Å². The van der Waals surface area contributed by atoms with Gasteiger partial charge >= 0.3 is 59.1 Å². The monoisotopic (exact) mass is 182 g/mol. The second-order valence-corrected chi connectivity index (χ2v) is 1.40. The minimum atomic E-state index is 0. The number of rotatable bonds is 1. The second-order valence-electron chi connectivity index (χ2n) is 1.40. The van der Waals surface area contributed by atoms with Crippen LogP contribution in [-0.2, 0) is 0 Å². The maximum absolute atomic E-state index is 3.48. The molecule has 0 aliphatic rings. The van der Waals surface area contributed by atoms with E-state index in [1.807, 2.05) is 0 Å². The van der Waals surface area contributed by atoms with Gasteiger partial charge in [-0.15, -0.1) is 0 Å². The van der Waals surface area contributed by atoms with Crippen LogP contribution in [0.4, 0.5) is 0 Å². The smallest absolute Gasteiger partial charge is 0.330 e. The van der Waals surface area contributed by atoms with Crippen LogP contribution in [-0.4, -0.2) is 31.1 Å². The van der Waals surface area contributed by atoms with Crippen molar-refractivity contribution in [2.75, 3.05) is 0 Å². The molecule has 0 aliphatic carbocycles. The van der Waals surface area contributed by atoms with Crippen LogP contribution in [0.3, 0.4) is 0 Å². The van der Waals surface area contributed by atoms with Crippen molar-refractivity contribution < 1.29 is 59.1 Å². The number of tetrazole rings is 2. The van der Waals surface area contributed by atoms with Crippen LogP contribution >= 0.6 is 0 Å². The molecule has 0 bridgehead atoms. The van der Waals surface area contributed by atoms with Gasteiger partial charge in [0.25, 0.3) is 0 Å². The van der Waals surface area contributed by atoms with Crippen LogP contribution in [0.5, 0.6) is 0 Å². The van der Waals surface area contributed by atoms with E-state index in [4.69, 9.17) is 0 Å². The minimum Gasteiger partial charge on any atom is -0.330 e. The molecular formula is C2N8Na2. The average Bonchev–Trinajstić information content (AvgIpc) is 2.59. The third-order valence-electron chi connectivity index (χ3n) is 0.838. The Morgan fingerprint density at radius 2 is 1.17 bits per heavy atom. The van der Waals surface area contributed by atoms with Gasteiger partial charge in [0.05, 0.1) is 0 Å². The Kier molecular flexibility index (Phi) is 5.80. The van der Waals surface area contributed by atoms with Crippen LogP contribution < -0.4 is 69.3 Å². The molecule has 2 aromatic heterocycles. The summed E-state index contributed by atoms with van der Waals surface area (Å²) in [5.41, 5.74) is 0. The first-order valence-corrected chi connectivity index (χ1v) is 2.34. The van der Waals surface area contributed by atoms with Gasteiger partial charge in [-0.05, 0) is 0 Å². The van der Waals surface area contributed by atoms with Gasteiger partial charge in [0.2, 0.25) is 0 Å². The number of aromatic nitrogens is 8. The Labute approximate surface area is 111 Å². The van der Waals surface area contributed by atoms with E-state index < -0.39 is 0 Å². The summed E-state index contributed by atoms with van der Waals surface area (Å²) in [5, 5.41) is 26.9. The minimum absolute atomic E-state index is 0. The Bertz CT molecular complexity index is 254. The molecule has 0 saturated carbocycles. The molecule has 2 rings (SSSR count). The van der Waals surface area contributed by atoms with E-state index in [0.29, 0.717) is 0 Å². The Morgan fingerprint density at radius 3 is 1.42 bits per heavy atom. The fourth-order valence-corrected chi connectivity index (χ4v) is 0.468. The van der Waals surface area contributed by atoms with Gasteiger partial charge in [-0.1, -0.05) is 0 Å². The summed E-state index contributed by atoms with van der Waals surface area (Å²) in [6, 6.07) is 0. The summed E-state index contributed by atoms with van der Waals surface area (Å²) in [4.78, 5) is 0. The maximum atomic E-state index is 3.48. The number of hydrogen-bond donors (Lipinski definition) is 0. The van der Waals surface area contributed by atoms with E-state index >= 15 is 0 Å². The van der Waals surface area contributed by atoms with Crippen molar-refractivity contribution in [2.24, 2.45) is 0 Å². The molecule has 0 N–H and O–H groups in total. The zero-order chi connectivity index (χ0) is 6.81.